The highest BCUT2D eigenvalue weighted by molar-refractivity contribution is 5.74. The molecule has 83 heavy (non-hydrogen) atoms. The average molecular weight is 1180 g/mol. The van der Waals surface area contributed by atoms with Crippen molar-refractivity contribution in [2.75, 3.05) is 13.2 Å². The maximum atomic E-state index is 13.2. The Morgan fingerprint density at radius 2 is 0.723 bits per heavy atom. The van der Waals surface area contributed by atoms with Gasteiger partial charge in [-0.25, -0.2) is 4.79 Å². The van der Waals surface area contributed by atoms with Crippen LogP contribution in [0.4, 0.5) is 0 Å². The summed E-state index contributed by atoms with van der Waals surface area (Å²) in [6, 6.07) is 0. The maximum absolute atomic E-state index is 13.2. The molecule has 6 atom stereocenters. The van der Waals surface area contributed by atoms with Crippen LogP contribution in [-0.4, -0.2) is 89.2 Å². The summed E-state index contributed by atoms with van der Waals surface area (Å²) >= 11 is 0. The SMILES string of the molecule is CCCCC/C=C\C/C=C\CCCCCCCCCCCC(=O)OC1C(OCC(COC(=O)CCCCCCCCCCCCCCCCCCC)OC(=O)CCCCCCCCCCCCCCCCCCC)OC(C(=O)O)C(O)C1O. The number of ether oxygens (including phenoxy) is 5. The number of carbonyl (C=O) groups is 4. The summed E-state index contributed by atoms with van der Waals surface area (Å²) in [6.07, 6.45) is 58.4. The molecule has 12 heteroatoms. The lowest BCUT2D eigenvalue weighted by molar-refractivity contribution is -0.301. The highest BCUT2D eigenvalue weighted by Gasteiger charge is 2.50. The zero-order valence-corrected chi connectivity index (χ0v) is 54.0. The molecule has 1 heterocycles. The third-order valence-electron chi connectivity index (χ3n) is 16.5. The molecule has 486 valence electrons. The third kappa shape index (κ3) is 48.9. The van der Waals surface area contributed by atoms with Crippen molar-refractivity contribution in [2.45, 2.75) is 391 Å². The second-order valence-electron chi connectivity index (χ2n) is 24.5. The highest BCUT2D eigenvalue weighted by Crippen LogP contribution is 2.27. The normalized spacial score (nSPS) is 17.6. The van der Waals surface area contributed by atoms with Gasteiger partial charge in [-0.15, -0.1) is 0 Å². The van der Waals surface area contributed by atoms with E-state index in [1.807, 2.05) is 0 Å². The fourth-order valence-corrected chi connectivity index (χ4v) is 11.1. The number of allylic oxidation sites excluding steroid dienone is 4. The molecule has 0 spiro atoms. The van der Waals surface area contributed by atoms with Gasteiger partial charge in [0.15, 0.2) is 24.6 Å². The van der Waals surface area contributed by atoms with Gasteiger partial charge in [0.1, 0.15) is 18.8 Å². The quantitative estimate of drug-likeness (QED) is 0.0228. The lowest BCUT2D eigenvalue weighted by Crippen LogP contribution is -2.61. The van der Waals surface area contributed by atoms with E-state index in [1.54, 1.807) is 0 Å². The van der Waals surface area contributed by atoms with Crippen LogP contribution in [0, 0.1) is 0 Å². The van der Waals surface area contributed by atoms with Gasteiger partial charge in [-0.1, -0.05) is 308 Å². The molecule has 6 unspecified atom stereocenters. The lowest BCUT2D eigenvalue weighted by Gasteiger charge is -2.40. The zero-order chi connectivity index (χ0) is 60.3. The summed E-state index contributed by atoms with van der Waals surface area (Å²) in [5.74, 6) is -3.07. The minimum atomic E-state index is -1.90. The third-order valence-corrected chi connectivity index (χ3v) is 16.5. The molecule has 1 aliphatic heterocycles. The Morgan fingerprint density at radius 1 is 0.398 bits per heavy atom. The summed E-state index contributed by atoms with van der Waals surface area (Å²) in [5, 5.41) is 31.7. The summed E-state index contributed by atoms with van der Waals surface area (Å²) in [7, 11) is 0. The number of aliphatic hydroxyl groups excluding tert-OH is 2. The molecule has 0 saturated carbocycles. The van der Waals surface area contributed by atoms with Crippen LogP contribution in [0.25, 0.3) is 0 Å². The van der Waals surface area contributed by atoms with Crippen LogP contribution >= 0.6 is 0 Å². The van der Waals surface area contributed by atoms with Gasteiger partial charge in [-0.05, 0) is 51.4 Å². The summed E-state index contributed by atoms with van der Waals surface area (Å²) in [4.78, 5) is 51.5. The van der Waals surface area contributed by atoms with E-state index in [-0.39, 0.29) is 25.9 Å². The Morgan fingerprint density at radius 3 is 1.11 bits per heavy atom. The number of rotatable bonds is 62. The first kappa shape index (κ1) is 78.2. The van der Waals surface area contributed by atoms with Crippen LogP contribution in [-0.2, 0) is 42.9 Å². The largest absolute Gasteiger partial charge is 0.479 e. The van der Waals surface area contributed by atoms with Crippen molar-refractivity contribution in [1.82, 2.24) is 0 Å². The molecule has 1 rings (SSSR count). The van der Waals surface area contributed by atoms with Crippen LogP contribution in [0.2, 0.25) is 0 Å². The van der Waals surface area contributed by atoms with E-state index >= 15 is 0 Å². The van der Waals surface area contributed by atoms with E-state index in [2.05, 4.69) is 45.1 Å². The first-order valence-electron chi connectivity index (χ1n) is 35.3. The van der Waals surface area contributed by atoms with E-state index < -0.39 is 67.3 Å². The molecule has 1 fully saturated rings. The number of carboxylic acid groups (broad SMARTS) is 1. The van der Waals surface area contributed by atoms with Gasteiger partial charge in [0.2, 0.25) is 0 Å². The number of carboxylic acids is 1. The summed E-state index contributed by atoms with van der Waals surface area (Å²) in [5.41, 5.74) is 0. The summed E-state index contributed by atoms with van der Waals surface area (Å²) in [6.45, 7) is 6.05. The van der Waals surface area contributed by atoms with Crippen molar-refractivity contribution in [2.24, 2.45) is 0 Å². The van der Waals surface area contributed by atoms with Gasteiger partial charge in [0.25, 0.3) is 0 Å². The molecule has 1 aliphatic rings. The smallest absolute Gasteiger partial charge is 0.335 e. The molecular formula is C71H130O12. The molecule has 0 aromatic rings. The number of unbranched alkanes of at least 4 members (excludes halogenated alkanes) is 44. The van der Waals surface area contributed by atoms with E-state index in [0.29, 0.717) is 19.3 Å². The number of hydrogen-bond donors (Lipinski definition) is 3. The average Bonchev–Trinajstić information content (AvgIpc) is 3.55. The fourth-order valence-electron chi connectivity index (χ4n) is 11.1. The Balaban J connectivity index is 2.61. The van der Waals surface area contributed by atoms with Crippen molar-refractivity contribution < 1.29 is 58.2 Å². The van der Waals surface area contributed by atoms with Crippen molar-refractivity contribution in [1.29, 1.82) is 0 Å². The monoisotopic (exact) mass is 1170 g/mol. The topological polar surface area (TPSA) is 175 Å². The molecule has 3 N–H and O–H groups in total. The van der Waals surface area contributed by atoms with Crippen LogP contribution < -0.4 is 0 Å². The van der Waals surface area contributed by atoms with Gasteiger partial charge in [0.05, 0.1) is 6.61 Å². The second kappa shape index (κ2) is 59.5. The number of aliphatic hydroxyl groups is 2. The molecule has 12 nitrogen and oxygen atoms in total. The van der Waals surface area contributed by atoms with Crippen LogP contribution in [0.15, 0.2) is 24.3 Å². The number of esters is 3. The number of aliphatic carboxylic acids is 1. The van der Waals surface area contributed by atoms with Crippen molar-refractivity contribution >= 4 is 23.9 Å². The van der Waals surface area contributed by atoms with Crippen molar-refractivity contribution in [3.8, 4) is 0 Å². The van der Waals surface area contributed by atoms with Crippen LogP contribution in [0.3, 0.4) is 0 Å². The van der Waals surface area contributed by atoms with Crippen LogP contribution in [0.5, 0.6) is 0 Å². The van der Waals surface area contributed by atoms with Crippen molar-refractivity contribution in [3.05, 3.63) is 24.3 Å². The van der Waals surface area contributed by atoms with Gasteiger partial charge < -0.3 is 39.0 Å². The fraction of sp³-hybridized carbons (Fsp3) is 0.887. The minimum absolute atomic E-state index is 0.0611. The zero-order valence-electron chi connectivity index (χ0n) is 54.0. The van der Waals surface area contributed by atoms with Crippen molar-refractivity contribution in [3.63, 3.8) is 0 Å². The van der Waals surface area contributed by atoms with Gasteiger partial charge in [-0.3, -0.25) is 14.4 Å². The molecule has 0 amide bonds. The molecule has 0 aromatic heterocycles. The van der Waals surface area contributed by atoms with E-state index in [9.17, 15) is 34.5 Å². The molecule has 1 saturated heterocycles. The molecule has 0 aromatic carbocycles. The Kier molecular flexibility index (Phi) is 56.1. The Hall–Kier alpha value is -2.80. The number of hydrogen-bond acceptors (Lipinski definition) is 11. The first-order valence-corrected chi connectivity index (χ1v) is 35.3. The minimum Gasteiger partial charge on any atom is -0.479 e. The predicted molar refractivity (Wildman–Crippen MR) is 340 cm³/mol. The Labute approximate surface area is 508 Å². The highest BCUT2D eigenvalue weighted by atomic mass is 16.7. The van der Waals surface area contributed by atoms with Gasteiger partial charge >= 0.3 is 23.9 Å². The van der Waals surface area contributed by atoms with E-state index in [4.69, 9.17) is 23.7 Å². The summed E-state index contributed by atoms with van der Waals surface area (Å²) < 4.78 is 28.6. The van der Waals surface area contributed by atoms with Gasteiger partial charge in [0, 0.05) is 19.3 Å². The molecular weight excluding hydrogens is 1040 g/mol. The lowest BCUT2D eigenvalue weighted by atomic mass is 9.98. The Bertz CT molecular complexity index is 1530. The molecule has 0 aliphatic carbocycles. The van der Waals surface area contributed by atoms with Gasteiger partial charge in [-0.2, -0.15) is 0 Å². The second-order valence-corrected chi connectivity index (χ2v) is 24.5. The van der Waals surface area contributed by atoms with Crippen LogP contribution in [0.1, 0.15) is 355 Å². The van der Waals surface area contributed by atoms with E-state index in [0.717, 1.165) is 77.0 Å². The standard InChI is InChI=1S/C71H130O12/c1-4-7-10-13-16-19-22-25-28-31-32-35-38-41-44-47-50-53-56-59-65(74)82-69-67(76)66(75)68(70(77)78)83-71(69)80-61-62(81-64(73)58-55-52-49-46-43-40-37-34-30-27-24-21-18-15-12-9-6-3)60-79-63(72)57-54-51-48-45-42-39-36-33-29-26-23-20-17-14-11-8-5-2/h16,19,25,28,62,66-69,71,75-76H,4-15,17-18,20-24,26-27,29-61H2,1-3H3,(H,77,78)/b19-16-,28-25-. The van der Waals surface area contributed by atoms with E-state index in [1.165, 1.54) is 218 Å². The number of carbonyl (C=O) groups excluding carboxylic acids is 3. The predicted octanol–water partition coefficient (Wildman–Crippen LogP) is 19.4. The first-order chi connectivity index (χ1) is 40.6. The molecule has 0 bridgehead atoms. The maximum Gasteiger partial charge on any atom is 0.335 e. The molecule has 0 radical (unpaired) electrons.